The Morgan fingerprint density at radius 3 is 3.00 bits per heavy atom. The zero-order chi connectivity index (χ0) is 13.5. The molecule has 0 saturated carbocycles. The molecular formula is C15H24N2O2. The van der Waals surface area contributed by atoms with Crippen molar-refractivity contribution < 1.29 is 9.47 Å². The van der Waals surface area contributed by atoms with Crippen molar-refractivity contribution in [1.29, 1.82) is 0 Å². The molecular weight excluding hydrogens is 240 g/mol. The largest absolute Gasteiger partial charge is 0.492 e. The molecule has 1 saturated heterocycles. The van der Waals surface area contributed by atoms with Gasteiger partial charge in [-0.2, -0.15) is 0 Å². The van der Waals surface area contributed by atoms with E-state index in [1.54, 1.807) is 0 Å². The number of pyridine rings is 1. The fourth-order valence-corrected chi connectivity index (χ4v) is 2.02. The third kappa shape index (κ3) is 5.17. The quantitative estimate of drug-likeness (QED) is 0.820. The average molecular weight is 264 g/mol. The van der Waals surface area contributed by atoms with Gasteiger partial charge in [-0.3, -0.25) is 4.98 Å². The third-order valence-electron chi connectivity index (χ3n) is 3.17. The lowest BCUT2D eigenvalue weighted by atomic mass is 10.1. The fraction of sp³-hybridized carbons (Fsp3) is 0.667. The average Bonchev–Trinajstić information content (AvgIpc) is 2.90. The van der Waals surface area contributed by atoms with E-state index in [1.165, 1.54) is 0 Å². The molecule has 1 fully saturated rings. The number of nitrogens with one attached hydrogen (secondary N) is 1. The number of hydrogen-bond donors (Lipinski definition) is 1. The second-order valence-electron chi connectivity index (χ2n) is 5.55. The van der Waals surface area contributed by atoms with Gasteiger partial charge in [-0.05, 0) is 31.0 Å². The molecule has 1 unspecified atom stereocenters. The molecule has 0 spiro atoms. The van der Waals surface area contributed by atoms with Gasteiger partial charge in [0.2, 0.25) is 0 Å². The summed E-state index contributed by atoms with van der Waals surface area (Å²) >= 11 is 0. The highest BCUT2D eigenvalue weighted by molar-refractivity contribution is 5.19. The first-order valence-electron chi connectivity index (χ1n) is 7.10. The molecule has 0 amide bonds. The Bertz CT molecular complexity index is 359. The molecule has 2 heterocycles. The standard InChI is InChI=1S/C15H24N2O2/c1-12(2)7-16-8-14-3-4-15(9-17-14)19-11-13-5-6-18-10-13/h3-4,9,12-13,16H,5-8,10-11H2,1-2H3. The molecule has 2 rings (SSSR count). The van der Waals surface area contributed by atoms with Gasteiger partial charge in [-0.1, -0.05) is 13.8 Å². The summed E-state index contributed by atoms with van der Waals surface area (Å²) in [5, 5.41) is 3.38. The lowest BCUT2D eigenvalue weighted by molar-refractivity contribution is 0.167. The van der Waals surface area contributed by atoms with Crippen molar-refractivity contribution in [3.63, 3.8) is 0 Å². The minimum atomic E-state index is 0.535. The Kier molecular flexibility index (Phi) is 5.61. The zero-order valence-electron chi connectivity index (χ0n) is 11.9. The maximum Gasteiger partial charge on any atom is 0.137 e. The first kappa shape index (κ1) is 14.3. The van der Waals surface area contributed by atoms with Gasteiger partial charge in [-0.15, -0.1) is 0 Å². The van der Waals surface area contributed by atoms with Gasteiger partial charge in [-0.25, -0.2) is 0 Å². The summed E-state index contributed by atoms with van der Waals surface area (Å²) in [7, 11) is 0. The van der Waals surface area contributed by atoms with E-state index >= 15 is 0 Å². The van der Waals surface area contributed by atoms with Crippen LogP contribution in [-0.4, -0.2) is 31.3 Å². The van der Waals surface area contributed by atoms with E-state index in [0.717, 1.165) is 50.8 Å². The van der Waals surface area contributed by atoms with Crippen molar-refractivity contribution in [3.8, 4) is 5.75 Å². The van der Waals surface area contributed by atoms with E-state index in [2.05, 4.69) is 24.1 Å². The Morgan fingerprint density at radius 1 is 1.47 bits per heavy atom. The zero-order valence-corrected chi connectivity index (χ0v) is 11.9. The van der Waals surface area contributed by atoms with Crippen LogP contribution in [0.2, 0.25) is 0 Å². The highest BCUT2D eigenvalue weighted by atomic mass is 16.5. The molecule has 0 bridgehead atoms. The summed E-state index contributed by atoms with van der Waals surface area (Å²) in [4.78, 5) is 4.40. The Morgan fingerprint density at radius 2 is 2.37 bits per heavy atom. The minimum Gasteiger partial charge on any atom is -0.492 e. The summed E-state index contributed by atoms with van der Waals surface area (Å²) in [6.07, 6.45) is 2.91. The predicted octanol–water partition coefficient (Wildman–Crippen LogP) is 2.24. The van der Waals surface area contributed by atoms with Crippen molar-refractivity contribution >= 4 is 0 Å². The summed E-state index contributed by atoms with van der Waals surface area (Å²) in [5.41, 5.74) is 1.05. The Labute approximate surface area is 115 Å². The van der Waals surface area contributed by atoms with Crippen LogP contribution in [0.4, 0.5) is 0 Å². The molecule has 4 nitrogen and oxygen atoms in total. The number of aromatic nitrogens is 1. The molecule has 1 aromatic rings. The van der Waals surface area contributed by atoms with Crippen LogP contribution in [0.5, 0.6) is 5.75 Å². The first-order valence-corrected chi connectivity index (χ1v) is 7.10. The SMILES string of the molecule is CC(C)CNCc1ccc(OCC2CCOC2)cn1. The summed E-state index contributed by atoms with van der Waals surface area (Å²) < 4.78 is 11.0. The fourth-order valence-electron chi connectivity index (χ4n) is 2.02. The molecule has 19 heavy (non-hydrogen) atoms. The van der Waals surface area contributed by atoms with Crippen molar-refractivity contribution in [2.24, 2.45) is 11.8 Å². The minimum absolute atomic E-state index is 0.535. The number of rotatable bonds is 7. The third-order valence-corrected chi connectivity index (χ3v) is 3.17. The summed E-state index contributed by atoms with van der Waals surface area (Å²) in [5.74, 6) is 2.04. The first-order chi connectivity index (χ1) is 9.24. The van der Waals surface area contributed by atoms with Crippen LogP contribution in [-0.2, 0) is 11.3 Å². The van der Waals surface area contributed by atoms with Gasteiger partial charge < -0.3 is 14.8 Å². The molecule has 106 valence electrons. The lowest BCUT2D eigenvalue weighted by Crippen LogP contribution is -2.19. The van der Waals surface area contributed by atoms with E-state index in [-0.39, 0.29) is 0 Å². The van der Waals surface area contributed by atoms with Gasteiger partial charge in [0.25, 0.3) is 0 Å². The molecule has 1 N–H and O–H groups in total. The van der Waals surface area contributed by atoms with E-state index in [0.29, 0.717) is 11.8 Å². The molecule has 0 aliphatic carbocycles. The van der Waals surface area contributed by atoms with Crippen LogP contribution in [0.1, 0.15) is 26.0 Å². The highest BCUT2D eigenvalue weighted by Gasteiger charge is 2.16. The van der Waals surface area contributed by atoms with E-state index in [1.807, 2.05) is 18.3 Å². The second kappa shape index (κ2) is 7.46. The molecule has 1 atom stereocenters. The Balaban J connectivity index is 1.71. The normalized spacial score (nSPS) is 19.0. The van der Waals surface area contributed by atoms with Crippen molar-refractivity contribution in [2.45, 2.75) is 26.8 Å². The summed E-state index contributed by atoms with van der Waals surface area (Å²) in [6.45, 7) is 8.65. The number of ether oxygens (including phenoxy) is 2. The summed E-state index contributed by atoms with van der Waals surface area (Å²) in [6, 6.07) is 4.02. The molecule has 1 aliphatic heterocycles. The lowest BCUT2D eigenvalue weighted by Gasteiger charge is -2.11. The monoisotopic (exact) mass is 264 g/mol. The second-order valence-corrected chi connectivity index (χ2v) is 5.55. The van der Waals surface area contributed by atoms with Crippen molar-refractivity contribution in [1.82, 2.24) is 10.3 Å². The van der Waals surface area contributed by atoms with Gasteiger partial charge in [0.15, 0.2) is 0 Å². The Hall–Kier alpha value is -1.13. The smallest absolute Gasteiger partial charge is 0.137 e. The van der Waals surface area contributed by atoms with Crippen LogP contribution < -0.4 is 10.1 Å². The predicted molar refractivity (Wildman–Crippen MR) is 75.2 cm³/mol. The van der Waals surface area contributed by atoms with E-state index < -0.39 is 0 Å². The van der Waals surface area contributed by atoms with Crippen LogP contribution in [0, 0.1) is 11.8 Å². The van der Waals surface area contributed by atoms with Gasteiger partial charge in [0, 0.05) is 19.1 Å². The van der Waals surface area contributed by atoms with Gasteiger partial charge >= 0.3 is 0 Å². The van der Waals surface area contributed by atoms with Crippen molar-refractivity contribution in [3.05, 3.63) is 24.0 Å². The number of hydrogen-bond acceptors (Lipinski definition) is 4. The molecule has 0 aromatic carbocycles. The van der Waals surface area contributed by atoms with Crippen LogP contribution in [0.3, 0.4) is 0 Å². The van der Waals surface area contributed by atoms with Crippen LogP contribution in [0.25, 0.3) is 0 Å². The molecule has 4 heteroatoms. The molecule has 1 aromatic heterocycles. The van der Waals surface area contributed by atoms with E-state index in [4.69, 9.17) is 9.47 Å². The van der Waals surface area contributed by atoms with Crippen LogP contribution >= 0.6 is 0 Å². The maximum absolute atomic E-state index is 5.72. The van der Waals surface area contributed by atoms with Crippen molar-refractivity contribution in [2.75, 3.05) is 26.4 Å². The maximum atomic E-state index is 5.72. The molecule has 1 aliphatic rings. The number of nitrogens with zero attached hydrogens (tertiary/aromatic N) is 1. The van der Waals surface area contributed by atoms with Gasteiger partial charge in [0.05, 0.1) is 25.1 Å². The molecule has 0 radical (unpaired) electrons. The van der Waals surface area contributed by atoms with Crippen LogP contribution in [0.15, 0.2) is 18.3 Å². The highest BCUT2D eigenvalue weighted by Crippen LogP contribution is 2.15. The topological polar surface area (TPSA) is 43.4 Å². The van der Waals surface area contributed by atoms with Gasteiger partial charge in [0.1, 0.15) is 5.75 Å². The van der Waals surface area contributed by atoms with E-state index in [9.17, 15) is 0 Å².